The summed E-state index contributed by atoms with van der Waals surface area (Å²) in [5, 5.41) is 19.0. The van der Waals surface area contributed by atoms with Crippen molar-refractivity contribution >= 4 is 34.9 Å². The number of aliphatic carboxylic acids is 1. The third kappa shape index (κ3) is 4.73. The van der Waals surface area contributed by atoms with Gasteiger partial charge < -0.3 is 26.4 Å². The highest BCUT2D eigenvalue weighted by atomic mass is 16.5. The van der Waals surface area contributed by atoms with Crippen LogP contribution in [0.2, 0.25) is 0 Å². The summed E-state index contributed by atoms with van der Waals surface area (Å²) in [4.78, 5) is 80.3. The van der Waals surface area contributed by atoms with Gasteiger partial charge in [0.15, 0.2) is 0 Å². The molecule has 1 aliphatic heterocycles. The average molecular weight is 630 g/mol. The number of fused-ring (bicyclic) bond motifs is 5. The van der Waals surface area contributed by atoms with Gasteiger partial charge >= 0.3 is 11.7 Å². The molecule has 2 aromatic carbocycles. The molecule has 5 N–H and O–H groups in total. The van der Waals surface area contributed by atoms with Crippen LogP contribution in [0.15, 0.2) is 43.2 Å². The summed E-state index contributed by atoms with van der Waals surface area (Å²) in [6.07, 6.45) is 4.37. The number of rotatable bonds is 8. The Morgan fingerprint density at radius 1 is 0.957 bits per heavy atom. The first-order chi connectivity index (χ1) is 22.0. The molecule has 15 nitrogen and oxygen atoms in total. The number of nitrogen functional groups attached to an aromatic ring is 1. The van der Waals surface area contributed by atoms with Crippen molar-refractivity contribution < 1.29 is 24.0 Å². The van der Waals surface area contributed by atoms with E-state index in [1.54, 1.807) is 4.90 Å². The van der Waals surface area contributed by atoms with Crippen molar-refractivity contribution in [2.45, 2.75) is 58.0 Å². The second-order valence-electron chi connectivity index (χ2n) is 12.8. The Balaban J connectivity index is 1.04. The van der Waals surface area contributed by atoms with Gasteiger partial charge in [0.05, 0.1) is 5.41 Å². The van der Waals surface area contributed by atoms with Crippen LogP contribution in [0.1, 0.15) is 76.2 Å². The fourth-order valence-electron chi connectivity index (χ4n) is 7.24. The molecule has 15 heteroatoms. The van der Waals surface area contributed by atoms with Crippen LogP contribution >= 0.6 is 0 Å². The molecule has 4 aliphatic rings. The van der Waals surface area contributed by atoms with Crippen LogP contribution in [-0.2, 0) is 24.3 Å². The van der Waals surface area contributed by atoms with Crippen LogP contribution in [0, 0.1) is 10.8 Å². The van der Waals surface area contributed by atoms with E-state index in [0.29, 0.717) is 64.6 Å². The van der Waals surface area contributed by atoms with Crippen molar-refractivity contribution in [1.29, 1.82) is 0 Å². The molecule has 3 heterocycles. The number of carbonyl (C=O) groups is 3. The maximum absolute atomic E-state index is 13.4. The SMILES string of the molecule is Nc1c(N2CCc3ccc(CNC(=O)c4cc(C(=O)NCC56CCC(C(=O)O)(CC5)CC6)n5c(=O)onc5n4)cc3C2)c(=O)c1=O. The van der Waals surface area contributed by atoms with Gasteiger partial charge in [0.1, 0.15) is 22.8 Å². The van der Waals surface area contributed by atoms with Crippen molar-refractivity contribution in [3.8, 4) is 0 Å². The van der Waals surface area contributed by atoms with Crippen LogP contribution in [0.5, 0.6) is 0 Å². The third-order valence-electron chi connectivity index (χ3n) is 10.2. The zero-order valence-electron chi connectivity index (χ0n) is 24.8. The minimum atomic E-state index is -0.923. The third-order valence-corrected chi connectivity index (χ3v) is 10.2. The lowest BCUT2D eigenvalue weighted by Gasteiger charge is -2.51. The lowest BCUT2D eigenvalue weighted by Crippen LogP contribution is -2.50. The molecule has 0 radical (unpaired) electrons. The van der Waals surface area contributed by atoms with E-state index in [0.717, 1.165) is 21.1 Å². The number of nitrogens with one attached hydrogen (secondary N) is 2. The van der Waals surface area contributed by atoms with Crippen molar-refractivity contribution in [1.82, 2.24) is 25.2 Å². The molecule has 46 heavy (non-hydrogen) atoms. The van der Waals surface area contributed by atoms with Crippen LogP contribution in [0.25, 0.3) is 5.78 Å². The molecule has 0 atom stereocenters. The van der Waals surface area contributed by atoms with E-state index in [-0.39, 0.29) is 40.5 Å². The second-order valence-corrected chi connectivity index (χ2v) is 12.8. The number of carbonyl (C=O) groups excluding carboxylic acids is 2. The van der Waals surface area contributed by atoms with E-state index < -0.39 is 39.8 Å². The van der Waals surface area contributed by atoms with Crippen LogP contribution in [-0.4, -0.2) is 50.5 Å². The van der Waals surface area contributed by atoms with Gasteiger partial charge in [-0.15, -0.1) is 0 Å². The smallest absolute Gasteiger partial charge is 0.448 e. The Labute approximate surface area is 260 Å². The largest absolute Gasteiger partial charge is 0.481 e. The molecular formula is C31H31N7O8. The molecule has 4 aromatic rings. The van der Waals surface area contributed by atoms with Gasteiger partial charge in [-0.25, -0.2) is 14.2 Å². The number of nitrogens with zero attached hydrogens (tertiary/aromatic N) is 4. The minimum Gasteiger partial charge on any atom is -0.481 e. The van der Waals surface area contributed by atoms with Crippen molar-refractivity contribution in [3.63, 3.8) is 0 Å². The first-order valence-electron chi connectivity index (χ1n) is 15.1. The Morgan fingerprint density at radius 3 is 2.39 bits per heavy atom. The summed E-state index contributed by atoms with van der Waals surface area (Å²) < 4.78 is 5.63. The normalized spacial score (nSPS) is 22.1. The van der Waals surface area contributed by atoms with E-state index >= 15 is 0 Å². The fraction of sp³-hybridized carbons (Fsp3) is 0.419. The molecule has 3 aliphatic carbocycles. The lowest BCUT2D eigenvalue weighted by molar-refractivity contribution is -0.158. The predicted molar refractivity (Wildman–Crippen MR) is 162 cm³/mol. The highest BCUT2D eigenvalue weighted by Crippen LogP contribution is 2.56. The second kappa shape index (κ2) is 10.6. The number of amides is 2. The maximum atomic E-state index is 13.4. The number of aromatic nitrogens is 3. The summed E-state index contributed by atoms with van der Waals surface area (Å²) in [6.45, 7) is 1.37. The molecule has 2 amide bonds. The predicted octanol–water partition coefficient (Wildman–Crippen LogP) is 0.508. The molecule has 0 unspecified atom stereocenters. The van der Waals surface area contributed by atoms with Gasteiger partial charge in [0, 0.05) is 26.2 Å². The zero-order chi connectivity index (χ0) is 32.4. The number of hydrogen-bond donors (Lipinski definition) is 4. The van der Waals surface area contributed by atoms with E-state index in [1.165, 1.54) is 6.07 Å². The van der Waals surface area contributed by atoms with Crippen molar-refractivity contribution in [2.24, 2.45) is 10.8 Å². The van der Waals surface area contributed by atoms with Crippen LogP contribution in [0.3, 0.4) is 0 Å². The Morgan fingerprint density at radius 2 is 1.70 bits per heavy atom. The number of anilines is 2. The Kier molecular flexibility index (Phi) is 6.79. The molecule has 2 aromatic heterocycles. The molecular weight excluding hydrogens is 598 g/mol. The van der Waals surface area contributed by atoms with Gasteiger partial charge in [0.25, 0.3) is 28.4 Å². The van der Waals surface area contributed by atoms with E-state index in [4.69, 9.17) is 10.3 Å². The number of nitrogens with two attached hydrogens (primary N) is 1. The van der Waals surface area contributed by atoms with Gasteiger partial charge in [0.2, 0.25) is 0 Å². The Hall–Kier alpha value is -5.34. The number of carboxylic acid groups (broad SMARTS) is 1. The molecule has 0 spiro atoms. The summed E-state index contributed by atoms with van der Waals surface area (Å²) >= 11 is 0. The topological polar surface area (TPSA) is 219 Å². The Bertz CT molecular complexity index is 2050. The van der Waals surface area contributed by atoms with E-state index in [9.17, 15) is 33.9 Å². The molecule has 2 bridgehead atoms. The highest BCUT2D eigenvalue weighted by molar-refractivity contribution is 5.98. The molecule has 0 saturated heterocycles. The first kappa shape index (κ1) is 29.4. The van der Waals surface area contributed by atoms with Gasteiger partial charge in [-0.1, -0.05) is 18.2 Å². The number of carboxylic acids is 1. The van der Waals surface area contributed by atoms with E-state index in [2.05, 4.69) is 20.8 Å². The molecule has 8 rings (SSSR count). The fourth-order valence-corrected chi connectivity index (χ4v) is 7.24. The number of hydrogen-bond acceptors (Lipinski definition) is 11. The summed E-state index contributed by atoms with van der Waals surface area (Å²) in [7, 11) is 0. The average Bonchev–Trinajstić information content (AvgIpc) is 3.46. The summed E-state index contributed by atoms with van der Waals surface area (Å²) in [5.74, 6) is -3.14. The van der Waals surface area contributed by atoms with Gasteiger partial charge in [-0.05, 0) is 78.3 Å². The quantitative estimate of drug-likeness (QED) is 0.196. The monoisotopic (exact) mass is 629 g/mol. The summed E-state index contributed by atoms with van der Waals surface area (Å²) in [6, 6.07) is 6.95. The first-order valence-corrected chi connectivity index (χ1v) is 15.1. The van der Waals surface area contributed by atoms with E-state index in [1.807, 2.05) is 18.2 Å². The lowest BCUT2D eigenvalue weighted by atomic mass is 9.53. The zero-order valence-corrected chi connectivity index (χ0v) is 24.8. The van der Waals surface area contributed by atoms with Gasteiger partial charge in [-0.2, -0.15) is 0 Å². The van der Waals surface area contributed by atoms with Crippen LogP contribution in [0.4, 0.5) is 11.4 Å². The molecule has 3 saturated carbocycles. The number of benzene rings is 1. The van der Waals surface area contributed by atoms with Crippen molar-refractivity contribution in [2.75, 3.05) is 23.7 Å². The van der Waals surface area contributed by atoms with Crippen LogP contribution < -0.4 is 37.9 Å². The van der Waals surface area contributed by atoms with Crippen molar-refractivity contribution in [3.05, 3.63) is 83.3 Å². The van der Waals surface area contributed by atoms with Gasteiger partial charge in [-0.3, -0.25) is 28.5 Å². The maximum Gasteiger partial charge on any atom is 0.448 e. The summed E-state index contributed by atoms with van der Waals surface area (Å²) in [5.41, 5.74) is 6.36. The molecule has 3 fully saturated rings. The standard InChI is InChI=1S/C31H31N7O8/c32-21-22(24(40)23(21)39)37-10-3-17-2-1-16(11-18(17)14-37)13-33-25(41)19-12-20(38-28(35-19)36-46-29(38)45)26(42)34-15-30-4-7-31(8-5-30,9-6-30)27(43)44/h1-2,11-12H,3-10,13-15,32H2,(H,33,41)(H,34,42)(H,43,44). The highest BCUT2D eigenvalue weighted by Gasteiger charge is 2.52. The minimum absolute atomic E-state index is 0.0155. The molecule has 238 valence electrons.